The number of aryl methyl sites for hydroxylation is 1. The van der Waals surface area contributed by atoms with Crippen molar-refractivity contribution < 1.29 is 9.59 Å². The summed E-state index contributed by atoms with van der Waals surface area (Å²) in [5.41, 5.74) is 7.15. The smallest absolute Gasteiger partial charge is 0.252 e. The molecule has 2 atom stereocenters. The van der Waals surface area contributed by atoms with Crippen molar-refractivity contribution in [2.45, 2.75) is 46.2 Å². The van der Waals surface area contributed by atoms with Gasteiger partial charge < -0.3 is 16.4 Å². The minimum Gasteiger partial charge on any atom is -0.354 e. The molecule has 0 aliphatic carbocycles. The van der Waals surface area contributed by atoms with Gasteiger partial charge in [0.05, 0.1) is 0 Å². The fourth-order valence-corrected chi connectivity index (χ4v) is 2.11. The van der Waals surface area contributed by atoms with Gasteiger partial charge >= 0.3 is 0 Å². The van der Waals surface area contributed by atoms with Crippen LogP contribution in [-0.2, 0) is 4.79 Å². The van der Waals surface area contributed by atoms with E-state index in [0.717, 1.165) is 5.56 Å². The van der Waals surface area contributed by atoms with Crippen LogP contribution in [0.25, 0.3) is 0 Å². The fourth-order valence-electron chi connectivity index (χ4n) is 2.11. The Morgan fingerprint density at radius 3 is 2.30 bits per heavy atom. The molecule has 0 heterocycles. The summed E-state index contributed by atoms with van der Waals surface area (Å²) in [5.74, 6) is -0.389. The summed E-state index contributed by atoms with van der Waals surface area (Å²) in [7, 11) is 0. The number of halogens is 1. The van der Waals surface area contributed by atoms with Crippen LogP contribution in [-0.4, -0.2) is 30.4 Å². The minimum absolute atomic E-state index is 0. The van der Waals surface area contributed by atoms with Crippen LogP contribution in [0.15, 0.2) is 24.3 Å². The van der Waals surface area contributed by atoms with E-state index in [4.69, 9.17) is 5.73 Å². The van der Waals surface area contributed by atoms with Crippen LogP contribution in [0.1, 0.15) is 43.1 Å². The molecule has 0 fully saturated rings. The molecule has 0 bridgehead atoms. The van der Waals surface area contributed by atoms with Crippen LogP contribution in [0.4, 0.5) is 0 Å². The number of hydrogen-bond donors (Lipinski definition) is 3. The largest absolute Gasteiger partial charge is 0.354 e. The van der Waals surface area contributed by atoms with Crippen molar-refractivity contribution in [3.63, 3.8) is 0 Å². The van der Waals surface area contributed by atoms with Crippen molar-refractivity contribution >= 4 is 24.2 Å². The maximum absolute atomic E-state index is 12.4. The fraction of sp³-hybridized carbons (Fsp3) is 0.529. The maximum atomic E-state index is 12.4. The Labute approximate surface area is 144 Å². The van der Waals surface area contributed by atoms with Crippen molar-refractivity contribution in [1.82, 2.24) is 10.6 Å². The highest BCUT2D eigenvalue weighted by atomic mass is 35.5. The molecular formula is C17H28ClN3O2. The summed E-state index contributed by atoms with van der Waals surface area (Å²) in [5, 5.41) is 5.66. The Hall–Kier alpha value is -1.59. The minimum atomic E-state index is -0.555. The van der Waals surface area contributed by atoms with Gasteiger partial charge in [-0.2, -0.15) is 0 Å². The van der Waals surface area contributed by atoms with Crippen LogP contribution >= 0.6 is 12.4 Å². The summed E-state index contributed by atoms with van der Waals surface area (Å²) in [6.07, 6.45) is 0.711. The second-order valence-corrected chi connectivity index (χ2v) is 6.07. The number of rotatable bonds is 7. The summed E-state index contributed by atoms with van der Waals surface area (Å²) >= 11 is 0. The third-order valence-corrected chi connectivity index (χ3v) is 3.52. The molecule has 1 rings (SSSR count). The zero-order chi connectivity index (χ0) is 16.7. The molecule has 5 nitrogen and oxygen atoms in total. The average Bonchev–Trinajstić information content (AvgIpc) is 2.44. The van der Waals surface area contributed by atoms with E-state index >= 15 is 0 Å². The molecule has 2 amide bonds. The summed E-state index contributed by atoms with van der Waals surface area (Å²) < 4.78 is 0. The SMILES string of the molecule is Cc1ccccc1C(=O)NC(C(=O)NCCC(C)N)C(C)C.Cl. The van der Waals surface area contributed by atoms with Crippen LogP contribution in [0, 0.1) is 12.8 Å². The second-order valence-electron chi connectivity index (χ2n) is 6.07. The molecule has 23 heavy (non-hydrogen) atoms. The predicted octanol–water partition coefficient (Wildman–Crippen LogP) is 2.02. The highest BCUT2D eigenvalue weighted by Crippen LogP contribution is 2.09. The van der Waals surface area contributed by atoms with Crippen LogP contribution in [0.5, 0.6) is 0 Å². The Kier molecular flexibility index (Phi) is 9.53. The summed E-state index contributed by atoms with van der Waals surface area (Å²) in [4.78, 5) is 24.6. The molecule has 2 unspecified atom stereocenters. The Bertz CT molecular complexity index is 518. The molecule has 130 valence electrons. The van der Waals surface area contributed by atoms with E-state index in [1.165, 1.54) is 0 Å². The quantitative estimate of drug-likeness (QED) is 0.709. The lowest BCUT2D eigenvalue weighted by molar-refractivity contribution is -0.123. The van der Waals surface area contributed by atoms with Gasteiger partial charge in [-0.1, -0.05) is 32.0 Å². The average molecular weight is 342 g/mol. The van der Waals surface area contributed by atoms with Gasteiger partial charge in [0.1, 0.15) is 6.04 Å². The molecule has 6 heteroatoms. The standard InChI is InChI=1S/C17H27N3O2.ClH/c1-11(2)15(17(22)19-10-9-13(4)18)20-16(21)14-8-6-5-7-12(14)3;/h5-8,11,13,15H,9-10,18H2,1-4H3,(H,19,22)(H,20,21);1H. The van der Waals surface area contributed by atoms with E-state index in [-0.39, 0.29) is 36.2 Å². The number of carbonyl (C=O) groups excluding carboxylic acids is 2. The Balaban J connectivity index is 0.00000484. The van der Waals surface area contributed by atoms with Gasteiger partial charge in [-0.15, -0.1) is 12.4 Å². The first-order chi connectivity index (χ1) is 10.3. The van der Waals surface area contributed by atoms with E-state index < -0.39 is 6.04 Å². The predicted molar refractivity (Wildman–Crippen MR) is 95.8 cm³/mol. The number of amides is 2. The van der Waals surface area contributed by atoms with E-state index in [9.17, 15) is 9.59 Å². The first kappa shape index (κ1) is 21.4. The lowest BCUT2D eigenvalue weighted by atomic mass is 10.0. The highest BCUT2D eigenvalue weighted by Gasteiger charge is 2.24. The van der Waals surface area contributed by atoms with Crippen molar-refractivity contribution in [1.29, 1.82) is 0 Å². The van der Waals surface area contributed by atoms with Crippen molar-refractivity contribution in [3.8, 4) is 0 Å². The molecule has 0 aromatic heterocycles. The van der Waals surface area contributed by atoms with Gasteiger partial charge in [0.2, 0.25) is 5.91 Å². The highest BCUT2D eigenvalue weighted by molar-refractivity contribution is 5.98. The second kappa shape index (κ2) is 10.2. The first-order valence-corrected chi connectivity index (χ1v) is 7.72. The normalized spacial score (nSPS) is 13.0. The van der Waals surface area contributed by atoms with E-state index in [1.54, 1.807) is 6.07 Å². The van der Waals surface area contributed by atoms with E-state index in [0.29, 0.717) is 18.5 Å². The first-order valence-electron chi connectivity index (χ1n) is 7.72. The zero-order valence-electron chi connectivity index (χ0n) is 14.3. The number of nitrogens with one attached hydrogen (secondary N) is 2. The van der Waals surface area contributed by atoms with Crippen molar-refractivity contribution in [3.05, 3.63) is 35.4 Å². The summed E-state index contributed by atoms with van der Waals surface area (Å²) in [6.45, 7) is 8.11. The number of hydrogen-bond acceptors (Lipinski definition) is 3. The van der Waals surface area contributed by atoms with E-state index in [2.05, 4.69) is 10.6 Å². The maximum Gasteiger partial charge on any atom is 0.252 e. The van der Waals surface area contributed by atoms with Gasteiger partial charge in [0.15, 0.2) is 0 Å². The Morgan fingerprint density at radius 2 is 1.78 bits per heavy atom. The third-order valence-electron chi connectivity index (χ3n) is 3.52. The lowest BCUT2D eigenvalue weighted by Crippen LogP contribution is -2.50. The molecular weight excluding hydrogens is 314 g/mol. The molecule has 0 radical (unpaired) electrons. The van der Waals surface area contributed by atoms with Gasteiger partial charge in [-0.05, 0) is 37.8 Å². The molecule has 0 spiro atoms. The molecule has 4 N–H and O–H groups in total. The van der Waals surface area contributed by atoms with Gasteiger partial charge in [-0.3, -0.25) is 9.59 Å². The molecule has 1 aromatic rings. The van der Waals surface area contributed by atoms with E-state index in [1.807, 2.05) is 45.9 Å². The van der Waals surface area contributed by atoms with Crippen molar-refractivity contribution in [2.24, 2.45) is 11.7 Å². The molecule has 0 aliphatic rings. The zero-order valence-corrected chi connectivity index (χ0v) is 15.1. The van der Waals surface area contributed by atoms with Crippen molar-refractivity contribution in [2.75, 3.05) is 6.54 Å². The molecule has 0 saturated heterocycles. The van der Waals surface area contributed by atoms with Gasteiger partial charge in [-0.25, -0.2) is 0 Å². The molecule has 1 aromatic carbocycles. The van der Waals surface area contributed by atoms with Crippen LogP contribution in [0.2, 0.25) is 0 Å². The van der Waals surface area contributed by atoms with Crippen LogP contribution < -0.4 is 16.4 Å². The number of benzene rings is 1. The monoisotopic (exact) mass is 341 g/mol. The molecule has 0 saturated carbocycles. The Morgan fingerprint density at radius 1 is 1.17 bits per heavy atom. The van der Waals surface area contributed by atoms with Gasteiger partial charge in [0, 0.05) is 18.2 Å². The summed E-state index contributed by atoms with van der Waals surface area (Å²) in [6, 6.07) is 6.82. The number of carbonyl (C=O) groups is 2. The third kappa shape index (κ3) is 7.01. The topological polar surface area (TPSA) is 84.2 Å². The molecule has 0 aliphatic heterocycles. The van der Waals surface area contributed by atoms with Crippen LogP contribution in [0.3, 0.4) is 0 Å². The van der Waals surface area contributed by atoms with Gasteiger partial charge in [0.25, 0.3) is 5.91 Å². The number of nitrogens with two attached hydrogens (primary N) is 1. The lowest BCUT2D eigenvalue weighted by Gasteiger charge is -2.22.